The van der Waals surface area contributed by atoms with Gasteiger partial charge in [0.2, 0.25) is 10.0 Å². The standard InChI is InChI=1S/C8H19NO2S.C3H6/c1-2-3-4-5-6-7-8-12(9,10)11;1-3-2/h2-8H2,1H3,(H2,9,10,11);3H,1H2,2H3. The summed E-state index contributed by atoms with van der Waals surface area (Å²) in [6.45, 7) is 7.41. The molecule has 3 nitrogen and oxygen atoms in total. The molecule has 0 rings (SSSR count). The van der Waals surface area contributed by atoms with Gasteiger partial charge in [-0.25, -0.2) is 13.6 Å². The van der Waals surface area contributed by atoms with Gasteiger partial charge in [0.05, 0.1) is 5.75 Å². The van der Waals surface area contributed by atoms with Crippen LogP contribution < -0.4 is 5.14 Å². The molecule has 0 heterocycles. The van der Waals surface area contributed by atoms with E-state index in [0.29, 0.717) is 6.42 Å². The maximum Gasteiger partial charge on any atom is 0.209 e. The van der Waals surface area contributed by atoms with Gasteiger partial charge in [0, 0.05) is 0 Å². The van der Waals surface area contributed by atoms with Gasteiger partial charge in [0.25, 0.3) is 0 Å². The van der Waals surface area contributed by atoms with Crippen molar-refractivity contribution < 1.29 is 8.42 Å². The minimum atomic E-state index is -3.22. The molecule has 0 spiro atoms. The minimum absolute atomic E-state index is 0.138. The molecule has 0 aliphatic heterocycles. The Labute approximate surface area is 94.8 Å². The molecule has 0 amide bonds. The molecule has 0 radical (unpaired) electrons. The second-order valence-corrected chi connectivity index (χ2v) is 5.28. The average molecular weight is 235 g/mol. The molecular formula is C11H25NO2S. The summed E-state index contributed by atoms with van der Waals surface area (Å²) in [6.07, 6.45) is 8.24. The summed E-state index contributed by atoms with van der Waals surface area (Å²) in [5.74, 6) is 0.138. The summed E-state index contributed by atoms with van der Waals surface area (Å²) in [7, 11) is -3.22. The first-order valence-electron chi connectivity index (χ1n) is 5.55. The number of unbranched alkanes of at least 4 members (excludes halogenated alkanes) is 5. The second-order valence-electron chi connectivity index (χ2n) is 3.54. The fraction of sp³-hybridized carbons (Fsp3) is 0.818. The van der Waals surface area contributed by atoms with Crippen LogP contribution in [0.15, 0.2) is 12.7 Å². The predicted molar refractivity (Wildman–Crippen MR) is 67.2 cm³/mol. The molecule has 0 aromatic heterocycles. The van der Waals surface area contributed by atoms with Crippen molar-refractivity contribution in [2.45, 2.75) is 52.4 Å². The lowest BCUT2D eigenvalue weighted by atomic mass is 10.1. The van der Waals surface area contributed by atoms with Crippen molar-refractivity contribution in [3.63, 3.8) is 0 Å². The highest BCUT2D eigenvalue weighted by atomic mass is 32.2. The van der Waals surface area contributed by atoms with Crippen molar-refractivity contribution in [1.82, 2.24) is 0 Å². The van der Waals surface area contributed by atoms with E-state index in [2.05, 4.69) is 13.5 Å². The number of hydrogen-bond acceptors (Lipinski definition) is 2. The van der Waals surface area contributed by atoms with Crippen LogP contribution in [0.25, 0.3) is 0 Å². The molecule has 0 unspecified atom stereocenters. The molecule has 92 valence electrons. The topological polar surface area (TPSA) is 60.2 Å². The molecule has 0 aromatic rings. The van der Waals surface area contributed by atoms with E-state index in [1.807, 2.05) is 6.92 Å². The summed E-state index contributed by atoms with van der Waals surface area (Å²) in [5, 5.41) is 4.85. The maximum atomic E-state index is 10.5. The zero-order valence-corrected chi connectivity index (χ0v) is 10.9. The van der Waals surface area contributed by atoms with E-state index in [-0.39, 0.29) is 5.75 Å². The van der Waals surface area contributed by atoms with E-state index >= 15 is 0 Å². The number of sulfonamides is 1. The number of primary sulfonamides is 1. The molecule has 0 aliphatic carbocycles. The van der Waals surface area contributed by atoms with E-state index in [4.69, 9.17) is 5.14 Å². The monoisotopic (exact) mass is 235 g/mol. The van der Waals surface area contributed by atoms with Crippen LogP contribution in [-0.2, 0) is 10.0 Å². The van der Waals surface area contributed by atoms with Crippen molar-refractivity contribution in [3.05, 3.63) is 12.7 Å². The fourth-order valence-electron chi connectivity index (χ4n) is 1.08. The summed E-state index contributed by atoms with van der Waals surface area (Å²) in [5.41, 5.74) is 0. The SMILES string of the molecule is C=CC.CCCCCCCCS(N)(=O)=O. The molecule has 2 N–H and O–H groups in total. The Morgan fingerprint density at radius 1 is 1.13 bits per heavy atom. The second kappa shape index (κ2) is 11.7. The third-order valence-electron chi connectivity index (χ3n) is 1.78. The van der Waals surface area contributed by atoms with Crippen molar-refractivity contribution in [3.8, 4) is 0 Å². The predicted octanol–water partition coefficient (Wildman–Crippen LogP) is 2.83. The van der Waals surface area contributed by atoms with Gasteiger partial charge >= 0.3 is 0 Å². The molecule has 0 aliphatic rings. The molecule has 4 heteroatoms. The van der Waals surface area contributed by atoms with Gasteiger partial charge in [-0.05, 0) is 13.3 Å². The van der Waals surface area contributed by atoms with Crippen LogP contribution in [0.4, 0.5) is 0 Å². The first kappa shape index (κ1) is 17.1. The largest absolute Gasteiger partial charge is 0.229 e. The maximum absolute atomic E-state index is 10.5. The number of allylic oxidation sites excluding steroid dienone is 1. The summed E-state index contributed by atoms with van der Waals surface area (Å²) < 4.78 is 21.0. The highest BCUT2D eigenvalue weighted by molar-refractivity contribution is 7.89. The Bertz CT molecular complexity index is 223. The third kappa shape index (κ3) is 24.8. The zero-order valence-electron chi connectivity index (χ0n) is 10.0. The van der Waals surface area contributed by atoms with Gasteiger partial charge in [-0.1, -0.05) is 45.1 Å². The Balaban J connectivity index is 0. The quantitative estimate of drug-likeness (QED) is 0.545. The van der Waals surface area contributed by atoms with Gasteiger partial charge in [0.15, 0.2) is 0 Å². The number of hydrogen-bond donors (Lipinski definition) is 1. The lowest BCUT2D eigenvalue weighted by Gasteiger charge is -1.98. The Morgan fingerprint density at radius 3 is 1.93 bits per heavy atom. The van der Waals surface area contributed by atoms with Gasteiger partial charge in [0.1, 0.15) is 0 Å². The summed E-state index contributed by atoms with van der Waals surface area (Å²) in [6, 6.07) is 0. The molecule has 0 saturated heterocycles. The Morgan fingerprint density at radius 2 is 1.53 bits per heavy atom. The first-order chi connectivity index (χ1) is 6.97. The van der Waals surface area contributed by atoms with Gasteiger partial charge in [-0.2, -0.15) is 0 Å². The Hall–Kier alpha value is -0.350. The van der Waals surface area contributed by atoms with Crippen molar-refractivity contribution in [2.24, 2.45) is 5.14 Å². The van der Waals surface area contributed by atoms with Crippen molar-refractivity contribution in [1.29, 1.82) is 0 Å². The summed E-state index contributed by atoms with van der Waals surface area (Å²) in [4.78, 5) is 0. The molecule has 0 atom stereocenters. The van der Waals surface area contributed by atoms with E-state index in [9.17, 15) is 8.42 Å². The molecule has 0 fully saturated rings. The Kier molecular flexibility index (Phi) is 13.3. The van der Waals surface area contributed by atoms with Gasteiger partial charge < -0.3 is 0 Å². The highest BCUT2D eigenvalue weighted by Gasteiger charge is 2.00. The molecular weight excluding hydrogens is 210 g/mol. The average Bonchev–Trinajstić information content (AvgIpc) is 2.11. The van der Waals surface area contributed by atoms with Crippen LogP contribution in [-0.4, -0.2) is 14.2 Å². The van der Waals surface area contributed by atoms with Crippen LogP contribution in [0.5, 0.6) is 0 Å². The van der Waals surface area contributed by atoms with Gasteiger partial charge in [-0.3, -0.25) is 0 Å². The lowest BCUT2D eigenvalue weighted by molar-refractivity contribution is 0.585. The number of nitrogens with two attached hydrogens (primary N) is 1. The third-order valence-corrected chi connectivity index (χ3v) is 2.64. The van der Waals surface area contributed by atoms with E-state index in [1.54, 1.807) is 6.08 Å². The fourth-order valence-corrected chi connectivity index (χ4v) is 1.69. The number of rotatable bonds is 7. The van der Waals surface area contributed by atoms with E-state index in [1.165, 1.54) is 19.3 Å². The van der Waals surface area contributed by atoms with Crippen molar-refractivity contribution in [2.75, 3.05) is 5.75 Å². The zero-order chi connectivity index (χ0) is 12.2. The van der Waals surface area contributed by atoms with Crippen LogP contribution >= 0.6 is 0 Å². The smallest absolute Gasteiger partial charge is 0.209 e. The first-order valence-corrected chi connectivity index (χ1v) is 7.27. The van der Waals surface area contributed by atoms with Crippen molar-refractivity contribution >= 4 is 10.0 Å². The lowest BCUT2D eigenvalue weighted by Crippen LogP contribution is -2.16. The van der Waals surface area contributed by atoms with E-state index < -0.39 is 10.0 Å². The molecule has 0 bridgehead atoms. The van der Waals surface area contributed by atoms with Crippen LogP contribution in [0.2, 0.25) is 0 Å². The summed E-state index contributed by atoms with van der Waals surface area (Å²) >= 11 is 0. The normalized spacial score (nSPS) is 10.3. The molecule has 15 heavy (non-hydrogen) atoms. The highest BCUT2D eigenvalue weighted by Crippen LogP contribution is 2.05. The van der Waals surface area contributed by atoms with Gasteiger partial charge in [-0.15, -0.1) is 6.58 Å². The van der Waals surface area contributed by atoms with Crippen LogP contribution in [0.3, 0.4) is 0 Å². The van der Waals surface area contributed by atoms with Crippen LogP contribution in [0.1, 0.15) is 52.4 Å². The molecule has 0 saturated carbocycles. The van der Waals surface area contributed by atoms with Crippen LogP contribution in [0, 0.1) is 0 Å². The minimum Gasteiger partial charge on any atom is -0.229 e. The molecule has 0 aromatic carbocycles. The van der Waals surface area contributed by atoms with E-state index in [0.717, 1.165) is 12.8 Å².